The van der Waals surface area contributed by atoms with Gasteiger partial charge in [-0.15, -0.1) is 0 Å². The minimum atomic E-state index is 0.638. The number of ether oxygens (including phenoxy) is 1. The molecule has 1 fully saturated rings. The Morgan fingerprint density at radius 2 is 2.11 bits per heavy atom. The molecule has 4 heteroatoms. The Hall–Kier alpha value is -1.03. The maximum atomic E-state index is 5.35. The lowest BCUT2D eigenvalue weighted by molar-refractivity contribution is 0.147. The summed E-state index contributed by atoms with van der Waals surface area (Å²) in [5.41, 5.74) is 0. The topological polar surface area (TPSA) is 39.1 Å². The van der Waals surface area contributed by atoms with E-state index in [1.165, 1.54) is 38.5 Å². The predicted octanol–water partition coefficient (Wildman–Crippen LogP) is 3.62. The van der Waals surface area contributed by atoms with Crippen molar-refractivity contribution in [2.45, 2.75) is 57.9 Å². The third-order valence-corrected chi connectivity index (χ3v) is 3.84. The van der Waals surface area contributed by atoms with Gasteiger partial charge in [0.05, 0.1) is 0 Å². The maximum absolute atomic E-state index is 5.35. The van der Waals surface area contributed by atoms with E-state index in [1.807, 2.05) is 13.1 Å². The Labute approximate surface area is 116 Å². The van der Waals surface area contributed by atoms with E-state index in [1.54, 1.807) is 0 Å². The van der Waals surface area contributed by atoms with Gasteiger partial charge in [0.1, 0.15) is 0 Å². The van der Waals surface area contributed by atoms with Crippen LogP contribution in [0, 0.1) is 0 Å². The minimum Gasteiger partial charge on any atom is -0.382 e. The molecule has 0 radical (unpaired) electrons. The fourth-order valence-corrected chi connectivity index (χ4v) is 2.80. The van der Waals surface area contributed by atoms with Crippen LogP contribution in [0.2, 0.25) is 0 Å². The predicted molar refractivity (Wildman–Crippen MR) is 78.6 cm³/mol. The second-order valence-electron chi connectivity index (χ2n) is 5.28. The normalized spacial score (nSPS) is 17.3. The van der Waals surface area contributed by atoms with Crippen molar-refractivity contribution in [1.29, 1.82) is 0 Å². The zero-order valence-electron chi connectivity index (χ0n) is 12.1. The van der Waals surface area contributed by atoms with Crippen LogP contribution in [0.4, 0.5) is 5.95 Å². The molecule has 1 aliphatic carbocycles. The van der Waals surface area contributed by atoms with E-state index in [0.29, 0.717) is 6.04 Å². The van der Waals surface area contributed by atoms with Crippen LogP contribution in [0.3, 0.4) is 0 Å². The van der Waals surface area contributed by atoms with Crippen molar-refractivity contribution in [3.05, 3.63) is 12.4 Å². The zero-order chi connectivity index (χ0) is 13.3. The van der Waals surface area contributed by atoms with Gasteiger partial charge >= 0.3 is 0 Å². The summed E-state index contributed by atoms with van der Waals surface area (Å²) in [5, 5.41) is 3.44. The van der Waals surface area contributed by atoms with E-state index in [2.05, 4.69) is 21.1 Å². The SMILES string of the molecule is CCOCCCNc1nccn1C1CCCCCC1. The third kappa shape index (κ3) is 4.53. The molecule has 0 saturated heterocycles. The highest BCUT2D eigenvalue weighted by Gasteiger charge is 2.16. The summed E-state index contributed by atoms with van der Waals surface area (Å²) in [5.74, 6) is 1.03. The molecule has 0 atom stereocenters. The first kappa shape index (κ1) is 14.4. The van der Waals surface area contributed by atoms with E-state index in [-0.39, 0.29) is 0 Å². The highest BCUT2D eigenvalue weighted by molar-refractivity contribution is 5.26. The summed E-state index contributed by atoms with van der Waals surface area (Å²) >= 11 is 0. The molecule has 1 N–H and O–H groups in total. The van der Waals surface area contributed by atoms with Crippen molar-refractivity contribution in [2.24, 2.45) is 0 Å². The van der Waals surface area contributed by atoms with Crippen LogP contribution in [0.25, 0.3) is 0 Å². The second kappa shape index (κ2) is 8.20. The fraction of sp³-hybridized carbons (Fsp3) is 0.800. The molecule has 0 unspecified atom stereocenters. The molecule has 0 amide bonds. The Morgan fingerprint density at radius 1 is 1.32 bits per heavy atom. The van der Waals surface area contributed by atoms with Crippen LogP contribution in [0.5, 0.6) is 0 Å². The first-order valence-corrected chi connectivity index (χ1v) is 7.76. The Bertz CT molecular complexity index is 343. The summed E-state index contributed by atoms with van der Waals surface area (Å²) in [4.78, 5) is 4.45. The summed E-state index contributed by atoms with van der Waals surface area (Å²) in [6, 6.07) is 0.638. The highest BCUT2D eigenvalue weighted by atomic mass is 16.5. The molecular weight excluding hydrogens is 238 g/mol. The third-order valence-electron chi connectivity index (χ3n) is 3.84. The number of nitrogens with one attached hydrogen (secondary N) is 1. The lowest BCUT2D eigenvalue weighted by Gasteiger charge is -2.19. The van der Waals surface area contributed by atoms with Crippen molar-refractivity contribution in [1.82, 2.24) is 9.55 Å². The molecule has 4 nitrogen and oxygen atoms in total. The molecule has 1 aliphatic rings. The van der Waals surface area contributed by atoms with Gasteiger partial charge in [0, 0.05) is 38.2 Å². The number of nitrogens with zero attached hydrogens (tertiary/aromatic N) is 2. The second-order valence-corrected chi connectivity index (χ2v) is 5.28. The van der Waals surface area contributed by atoms with Crippen molar-refractivity contribution in [3.8, 4) is 0 Å². The summed E-state index contributed by atoms with van der Waals surface area (Å²) in [6.45, 7) is 4.60. The van der Waals surface area contributed by atoms with Crippen LogP contribution in [0.1, 0.15) is 57.9 Å². The van der Waals surface area contributed by atoms with Gasteiger partial charge in [0.2, 0.25) is 5.95 Å². The maximum Gasteiger partial charge on any atom is 0.203 e. The van der Waals surface area contributed by atoms with Gasteiger partial charge in [0.25, 0.3) is 0 Å². The summed E-state index contributed by atoms with van der Waals surface area (Å²) in [7, 11) is 0. The number of hydrogen-bond acceptors (Lipinski definition) is 3. The first-order chi connectivity index (χ1) is 9.42. The quantitative estimate of drug-likeness (QED) is 0.604. The lowest BCUT2D eigenvalue weighted by Crippen LogP contribution is -2.14. The van der Waals surface area contributed by atoms with Gasteiger partial charge in [-0.05, 0) is 26.2 Å². The van der Waals surface area contributed by atoms with E-state index in [9.17, 15) is 0 Å². The van der Waals surface area contributed by atoms with Crippen LogP contribution in [-0.4, -0.2) is 29.3 Å². The summed E-state index contributed by atoms with van der Waals surface area (Å²) < 4.78 is 7.69. The molecule has 1 saturated carbocycles. The van der Waals surface area contributed by atoms with Crippen LogP contribution < -0.4 is 5.32 Å². The van der Waals surface area contributed by atoms with Crippen molar-refractivity contribution in [2.75, 3.05) is 25.1 Å². The molecule has 2 rings (SSSR count). The molecule has 1 heterocycles. The van der Waals surface area contributed by atoms with Crippen molar-refractivity contribution >= 4 is 5.95 Å². The van der Waals surface area contributed by atoms with Crippen molar-refractivity contribution in [3.63, 3.8) is 0 Å². The molecule has 1 aromatic rings. The van der Waals surface area contributed by atoms with E-state index < -0.39 is 0 Å². The molecule has 108 valence electrons. The molecule has 0 bridgehead atoms. The monoisotopic (exact) mass is 265 g/mol. The van der Waals surface area contributed by atoms with Crippen molar-refractivity contribution < 1.29 is 4.74 Å². The standard InChI is InChI=1S/C15H27N3O/c1-2-19-13-7-10-16-15-17-11-12-18(15)14-8-5-3-4-6-9-14/h11-12,14H,2-10,13H2,1H3,(H,16,17). The van der Waals surface area contributed by atoms with Crippen LogP contribution in [0.15, 0.2) is 12.4 Å². The number of imidazole rings is 1. The number of rotatable bonds is 7. The number of aromatic nitrogens is 2. The average Bonchev–Trinajstić information content (AvgIpc) is 2.72. The van der Waals surface area contributed by atoms with Gasteiger partial charge in [-0.25, -0.2) is 4.98 Å². The van der Waals surface area contributed by atoms with E-state index >= 15 is 0 Å². The fourth-order valence-electron chi connectivity index (χ4n) is 2.80. The Morgan fingerprint density at radius 3 is 2.84 bits per heavy atom. The average molecular weight is 265 g/mol. The largest absolute Gasteiger partial charge is 0.382 e. The van der Waals surface area contributed by atoms with Crippen LogP contribution >= 0.6 is 0 Å². The summed E-state index contributed by atoms with van der Waals surface area (Å²) in [6.07, 6.45) is 13.2. The first-order valence-electron chi connectivity index (χ1n) is 7.76. The van der Waals surface area contributed by atoms with Gasteiger partial charge in [-0.2, -0.15) is 0 Å². The zero-order valence-corrected chi connectivity index (χ0v) is 12.1. The molecule has 0 spiro atoms. The smallest absolute Gasteiger partial charge is 0.203 e. The molecule has 1 aromatic heterocycles. The minimum absolute atomic E-state index is 0.638. The molecular formula is C15H27N3O. The van der Waals surface area contributed by atoms with Gasteiger partial charge in [-0.3, -0.25) is 0 Å². The van der Waals surface area contributed by atoms with E-state index in [4.69, 9.17) is 4.74 Å². The van der Waals surface area contributed by atoms with Crippen LogP contribution in [-0.2, 0) is 4.74 Å². The molecule has 19 heavy (non-hydrogen) atoms. The van der Waals surface area contributed by atoms with Gasteiger partial charge in [-0.1, -0.05) is 25.7 Å². The molecule has 0 aliphatic heterocycles. The Kier molecular flexibility index (Phi) is 6.21. The lowest BCUT2D eigenvalue weighted by atomic mass is 10.1. The van der Waals surface area contributed by atoms with Gasteiger partial charge in [0.15, 0.2) is 0 Å². The Balaban J connectivity index is 1.82. The number of hydrogen-bond donors (Lipinski definition) is 1. The highest BCUT2D eigenvalue weighted by Crippen LogP contribution is 2.29. The van der Waals surface area contributed by atoms with E-state index in [0.717, 1.165) is 32.1 Å². The van der Waals surface area contributed by atoms with Gasteiger partial charge < -0.3 is 14.6 Å². The molecule has 0 aromatic carbocycles. The number of anilines is 1.